The molecule has 0 heterocycles. The molecule has 0 bridgehead atoms. The van der Waals surface area contributed by atoms with E-state index in [1.54, 1.807) is 27.7 Å². The lowest BCUT2D eigenvalue weighted by atomic mass is 9.63. The molecule has 5 nitrogen and oxygen atoms in total. The SMILES string of the molecule is CC(C)C(C(C)C)(C1(C(=O)O)CCCC1)P(=O)(O)O. The van der Waals surface area contributed by atoms with Crippen LogP contribution < -0.4 is 0 Å². The largest absolute Gasteiger partial charge is 0.481 e. The smallest absolute Gasteiger partial charge is 0.333 e. The maximum Gasteiger partial charge on any atom is 0.333 e. The number of carboxylic acids is 1. The molecule has 0 aliphatic heterocycles. The summed E-state index contributed by atoms with van der Waals surface area (Å²) in [6.45, 7) is 6.90. The molecule has 0 saturated heterocycles. The van der Waals surface area contributed by atoms with Crippen molar-refractivity contribution in [3.8, 4) is 0 Å². The summed E-state index contributed by atoms with van der Waals surface area (Å²) in [5, 5.41) is 8.22. The predicted molar refractivity (Wildman–Crippen MR) is 73.0 cm³/mol. The zero-order chi connectivity index (χ0) is 15.1. The molecule has 112 valence electrons. The summed E-state index contributed by atoms with van der Waals surface area (Å²) in [7, 11) is -4.57. The van der Waals surface area contributed by atoms with Crippen LogP contribution in [0.1, 0.15) is 53.4 Å². The molecule has 1 saturated carbocycles. The number of carboxylic acid groups (broad SMARTS) is 1. The summed E-state index contributed by atoms with van der Waals surface area (Å²) in [6, 6.07) is 0. The molecule has 0 spiro atoms. The van der Waals surface area contributed by atoms with E-state index in [0.717, 1.165) is 0 Å². The highest BCUT2D eigenvalue weighted by Gasteiger charge is 2.68. The van der Waals surface area contributed by atoms with E-state index < -0.39 is 36.0 Å². The number of rotatable bonds is 5. The molecule has 19 heavy (non-hydrogen) atoms. The molecule has 1 aliphatic rings. The van der Waals surface area contributed by atoms with Crippen LogP contribution in [0.4, 0.5) is 0 Å². The Bertz CT molecular complexity index is 382. The molecular weight excluding hydrogens is 267 g/mol. The Morgan fingerprint density at radius 3 is 1.68 bits per heavy atom. The van der Waals surface area contributed by atoms with Gasteiger partial charge in [0.15, 0.2) is 0 Å². The van der Waals surface area contributed by atoms with Gasteiger partial charge in [-0.25, -0.2) is 0 Å². The summed E-state index contributed by atoms with van der Waals surface area (Å²) < 4.78 is 12.3. The van der Waals surface area contributed by atoms with Gasteiger partial charge in [0, 0.05) is 0 Å². The number of carbonyl (C=O) groups is 1. The van der Waals surface area contributed by atoms with Crippen LogP contribution in [0.2, 0.25) is 0 Å². The van der Waals surface area contributed by atoms with E-state index >= 15 is 0 Å². The molecular formula is C13H25O5P. The van der Waals surface area contributed by atoms with E-state index in [0.29, 0.717) is 25.7 Å². The van der Waals surface area contributed by atoms with Gasteiger partial charge < -0.3 is 14.9 Å². The molecule has 1 rings (SSSR count). The third-order valence-corrected chi connectivity index (χ3v) is 7.30. The molecule has 0 aromatic rings. The van der Waals surface area contributed by atoms with Crippen LogP contribution in [0.5, 0.6) is 0 Å². The Morgan fingerprint density at radius 2 is 1.47 bits per heavy atom. The molecule has 0 radical (unpaired) electrons. The first-order valence-electron chi connectivity index (χ1n) is 6.83. The van der Waals surface area contributed by atoms with Crippen molar-refractivity contribution < 1.29 is 24.3 Å². The van der Waals surface area contributed by atoms with Gasteiger partial charge >= 0.3 is 13.6 Å². The molecule has 1 aliphatic carbocycles. The first-order valence-corrected chi connectivity index (χ1v) is 8.44. The lowest BCUT2D eigenvalue weighted by Gasteiger charge is -2.51. The first kappa shape index (κ1) is 16.7. The minimum absolute atomic E-state index is 0.351. The second kappa shape index (κ2) is 5.19. The zero-order valence-corrected chi connectivity index (χ0v) is 13.0. The molecule has 6 heteroatoms. The Balaban J connectivity index is 3.63. The van der Waals surface area contributed by atoms with Gasteiger partial charge in [-0.05, 0) is 24.7 Å². The highest BCUT2D eigenvalue weighted by molar-refractivity contribution is 7.53. The summed E-state index contributed by atoms with van der Waals surface area (Å²) in [6.07, 6.45) is 2.13. The monoisotopic (exact) mass is 292 g/mol. The van der Waals surface area contributed by atoms with Crippen molar-refractivity contribution in [3.05, 3.63) is 0 Å². The fourth-order valence-electron chi connectivity index (χ4n) is 4.49. The third kappa shape index (κ3) is 2.16. The van der Waals surface area contributed by atoms with Crippen molar-refractivity contribution in [2.45, 2.75) is 58.5 Å². The molecule has 0 aromatic carbocycles. The number of hydrogen-bond acceptors (Lipinski definition) is 2. The molecule has 1 fully saturated rings. The first-order chi connectivity index (χ1) is 8.54. The Kier molecular flexibility index (Phi) is 4.56. The minimum atomic E-state index is -4.57. The maximum atomic E-state index is 12.3. The van der Waals surface area contributed by atoms with Crippen molar-refractivity contribution >= 4 is 13.6 Å². The van der Waals surface area contributed by atoms with E-state index in [-0.39, 0.29) is 0 Å². The van der Waals surface area contributed by atoms with Gasteiger partial charge in [-0.1, -0.05) is 40.5 Å². The van der Waals surface area contributed by atoms with Crippen LogP contribution in [0.15, 0.2) is 0 Å². The van der Waals surface area contributed by atoms with Crippen LogP contribution >= 0.6 is 7.60 Å². The highest BCUT2D eigenvalue weighted by Crippen LogP contribution is 2.70. The Hall–Kier alpha value is -0.380. The van der Waals surface area contributed by atoms with Crippen LogP contribution in [0.3, 0.4) is 0 Å². The van der Waals surface area contributed by atoms with E-state index in [1.807, 2.05) is 0 Å². The summed E-state index contributed by atoms with van der Waals surface area (Å²) in [4.78, 5) is 31.9. The highest BCUT2D eigenvalue weighted by atomic mass is 31.2. The van der Waals surface area contributed by atoms with E-state index in [1.165, 1.54) is 0 Å². The van der Waals surface area contributed by atoms with Gasteiger partial charge in [0.05, 0.1) is 10.6 Å². The fraction of sp³-hybridized carbons (Fsp3) is 0.923. The summed E-state index contributed by atoms with van der Waals surface area (Å²) in [5.41, 5.74) is -1.31. The Labute approximate surface area is 114 Å². The van der Waals surface area contributed by atoms with Crippen molar-refractivity contribution in [1.82, 2.24) is 0 Å². The normalized spacial score (nSPS) is 20.2. The van der Waals surface area contributed by atoms with Crippen LogP contribution in [0.25, 0.3) is 0 Å². The van der Waals surface area contributed by atoms with Gasteiger partial charge in [-0.3, -0.25) is 9.36 Å². The van der Waals surface area contributed by atoms with Gasteiger partial charge in [-0.15, -0.1) is 0 Å². The van der Waals surface area contributed by atoms with Crippen molar-refractivity contribution in [2.24, 2.45) is 17.3 Å². The quantitative estimate of drug-likeness (QED) is 0.677. The summed E-state index contributed by atoms with van der Waals surface area (Å²) in [5.74, 6) is -1.86. The standard InChI is InChI=1S/C13H25O5P/c1-9(2)13(10(3)4,19(16,17)18)12(11(14)15)7-5-6-8-12/h9-10H,5-8H2,1-4H3,(H,14,15)(H2,16,17,18). The maximum absolute atomic E-state index is 12.3. The lowest BCUT2D eigenvalue weighted by molar-refractivity contribution is -0.154. The fourth-order valence-corrected chi connectivity index (χ4v) is 6.71. The van der Waals surface area contributed by atoms with E-state index in [2.05, 4.69) is 0 Å². The third-order valence-electron chi connectivity index (χ3n) is 4.88. The average Bonchev–Trinajstić information content (AvgIpc) is 2.64. The zero-order valence-electron chi connectivity index (χ0n) is 12.1. The van der Waals surface area contributed by atoms with Crippen molar-refractivity contribution in [1.29, 1.82) is 0 Å². The molecule has 0 aromatic heterocycles. The van der Waals surface area contributed by atoms with Gasteiger partial charge in [0.1, 0.15) is 0 Å². The predicted octanol–water partition coefficient (Wildman–Crippen LogP) is 2.86. The average molecular weight is 292 g/mol. The van der Waals surface area contributed by atoms with Gasteiger partial charge in [-0.2, -0.15) is 0 Å². The van der Waals surface area contributed by atoms with Crippen molar-refractivity contribution in [2.75, 3.05) is 0 Å². The molecule has 0 amide bonds. The lowest BCUT2D eigenvalue weighted by Crippen LogP contribution is -2.58. The molecule has 0 atom stereocenters. The second-order valence-electron chi connectivity index (χ2n) is 6.27. The van der Waals surface area contributed by atoms with Gasteiger partial charge in [0.2, 0.25) is 0 Å². The van der Waals surface area contributed by atoms with Gasteiger partial charge in [0.25, 0.3) is 0 Å². The molecule has 0 unspecified atom stereocenters. The Morgan fingerprint density at radius 1 is 1.11 bits per heavy atom. The molecule has 3 N–H and O–H groups in total. The van der Waals surface area contributed by atoms with Crippen LogP contribution in [-0.2, 0) is 9.36 Å². The minimum Gasteiger partial charge on any atom is -0.481 e. The summed E-state index contributed by atoms with van der Waals surface area (Å²) >= 11 is 0. The van der Waals surface area contributed by atoms with E-state index in [4.69, 9.17) is 0 Å². The van der Waals surface area contributed by atoms with Crippen LogP contribution in [-0.4, -0.2) is 26.0 Å². The van der Waals surface area contributed by atoms with E-state index in [9.17, 15) is 24.3 Å². The van der Waals surface area contributed by atoms with Crippen molar-refractivity contribution in [3.63, 3.8) is 0 Å². The van der Waals surface area contributed by atoms with Crippen LogP contribution in [0, 0.1) is 17.3 Å². The second-order valence-corrected chi connectivity index (χ2v) is 8.10. The number of hydrogen-bond donors (Lipinski definition) is 3. The number of aliphatic carboxylic acids is 1. The topological polar surface area (TPSA) is 94.8 Å².